The highest BCUT2D eigenvalue weighted by atomic mass is 79.9. The first-order chi connectivity index (χ1) is 7.76. The molecule has 0 amide bonds. The van der Waals surface area contributed by atoms with E-state index in [0.29, 0.717) is 0 Å². The molecule has 3 heteroatoms. The molecule has 1 aliphatic heterocycles. The fourth-order valence-corrected chi connectivity index (χ4v) is 2.90. The molecule has 0 radical (unpaired) electrons. The van der Waals surface area contributed by atoms with Gasteiger partial charge in [0, 0.05) is 17.1 Å². The van der Waals surface area contributed by atoms with Gasteiger partial charge in [-0.2, -0.15) is 0 Å². The Morgan fingerprint density at radius 3 is 2.88 bits per heavy atom. The predicted molar refractivity (Wildman–Crippen MR) is 69.7 cm³/mol. The van der Waals surface area contributed by atoms with Crippen LogP contribution in [0.2, 0.25) is 0 Å². The Morgan fingerprint density at radius 1 is 1.44 bits per heavy atom. The lowest BCUT2D eigenvalue weighted by Gasteiger charge is -2.29. The molecule has 16 heavy (non-hydrogen) atoms. The molecule has 1 saturated heterocycles. The molecule has 88 valence electrons. The van der Waals surface area contributed by atoms with Gasteiger partial charge in [-0.3, -0.25) is 0 Å². The SMILES string of the molecule is COCC1(Cc2ccccc2Br)CCCN1. The summed E-state index contributed by atoms with van der Waals surface area (Å²) in [6, 6.07) is 8.43. The second-order valence-corrected chi connectivity index (χ2v) is 5.37. The Labute approximate surface area is 106 Å². The van der Waals surface area contributed by atoms with E-state index in [1.807, 2.05) is 0 Å². The number of hydrogen-bond donors (Lipinski definition) is 1. The van der Waals surface area contributed by atoms with Crippen LogP contribution >= 0.6 is 15.9 Å². The number of nitrogens with one attached hydrogen (secondary N) is 1. The van der Waals surface area contributed by atoms with Crippen LogP contribution in [0.1, 0.15) is 18.4 Å². The molecule has 1 aromatic carbocycles. The standard InChI is InChI=1S/C13H18BrNO/c1-16-10-13(7-4-8-15-13)9-11-5-2-3-6-12(11)14/h2-3,5-6,15H,4,7-10H2,1H3. The van der Waals surface area contributed by atoms with Crippen molar-refractivity contribution in [3.8, 4) is 0 Å². The molecule has 1 aliphatic rings. The molecule has 1 N–H and O–H groups in total. The summed E-state index contributed by atoms with van der Waals surface area (Å²) in [5.74, 6) is 0. The lowest BCUT2D eigenvalue weighted by atomic mass is 9.90. The number of hydrogen-bond acceptors (Lipinski definition) is 2. The minimum Gasteiger partial charge on any atom is -0.383 e. The van der Waals surface area contributed by atoms with Crippen LogP contribution in [0.5, 0.6) is 0 Å². The van der Waals surface area contributed by atoms with Crippen molar-refractivity contribution in [1.29, 1.82) is 0 Å². The van der Waals surface area contributed by atoms with Gasteiger partial charge in [-0.15, -0.1) is 0 Å². The van der Waals surface area contributed by atoms with Gasteiger partial charge in [-0.1, -0.05) is 34.1 Å². The van der Waals surface area contributed by atoms with Crippen molar-refractivity contribution < 1.29 is 4.74 Å². The highest BCUT2D eigenvalue weighted by molar-refractivity contribution is 9.10. The second-order valence-electron chi connectivity index (χ2n) is 4.51. The van der Waals surface area contributed by atoms with Gasteiger partial charge in [0.2, 0.25) is 0 Å². The third-order valence-electron chi connectivity index (χ3n) is 3.24. The van der Waals surface area contributed by atoms with E-state index in [0.717, 1.165) is 19.6 Å². The van der Waals surface area contributed by atoms with Crippen LogP contribution in [0, 0.1) is 0 Å². The van der Waals surface area contributed by atoms with Gasteiger partial charge in [-0.25, -0.2) is 0 Å². The van der Waals surface area contributed by atoms with E-state index >= 15 is 0 Å². The second kappa shape index (κ2) is 5.30. The molecular weight excluding hydrogens is 266 g/mol. The highest BCUT2D eigenvalue weighted by Gasteiger charge is 2.33. The van der Waals surface area contributed by atoms with Crippen molar-refractivity contribution in [2.24, 2.45) is 0 Å². The third kappa shape index (κ3) is 2.65. The van der Waals surface area contributed by atoms with Gasteiger partial charge in [-0.05, 0) is 37.4 Å². The van der Waals surface area contributed by atoms with Gasteiger partial charge < -0.3 is 10.1 Å². The van der Waals surface area contributed by atoms with Crippen LogP contribution in [0.4, 0.5) is 0 Å². The van der Waals surface area contributed by atoms with E-state index in [4.69, 9.17) is 4.74 Å². The minimum atomic E-state index is 0.138. The van der Waals surface area contributed by atoms with Crippen molar-refractivity contribution in [2.45, 2.75) is 24.8 Å². The number of ether oxygens (including phenoxy) is 1. The lowest BCUT2D eigenvalue weighted by Crippen LogP contribution is -2.46. The maximum Gasteiger partial charge on any atom is 0.0647 e. The van der Waals surface area contributed by atoms with E-state index in [2.05, 4.69) is 45.5 Å². The molecule has 2 rings (SSSR count). The number of rotatable bonds is 4. The summed E-state index contributed by atoms with van der Waals surface area (Å²) in [6.45, 7) is 1.89. The molecule has 0 aliphatic carbocycles. The van der Waals surface area contributed by atoms with Crippen molar-refractivity contribution >= 4 is 15.9 Å². The van der Waals surface area contributed by atoms with Gasteiger partial charge in [0.1, 0.15) is 0 Å². The quantitative estimate of drug-likeness (QED) is 0.918. The van der Waals surface area contributed by atoms with Crippen LogP contribution in [-0.2, 0) is 11.2 Å². The zero-order chi connectivity index (χ0) is 11.4. The zero-order valence-electron chi connectivity index (χ0n) is 9.63. The molecule has 1 aromatic rings. The largest absolute Gasteiger partial charge is 0.383 e. The zero-order valence-corrected chi connectivity index (χ0v) is 11.2. The van der Waals surface area contributed by atoms with E-state index in [-0.39, 0.29) is 5.54 Å². The smallest absolute Gasteiger partial charge is 0.0647 e. The molecule has 0 saturated carbocycles. The van der Waals surface area contributed by atoms with Gasteiger partial charge in [0.25, 0.3) is 0 Å². The number of methoxy groups -OCH3 is 1. The fraction of sp³-hybridized carbons (Fsp3) is 0.538. The summed E-state index contributed by atoms with van der Waals surface area (Å²) in [5.41, 5.74) is 1.49. The van der Waals surface area contributed by atoms with Crippen LogP contribution in [0.15, 0.2) is 28.7 Å². The van der Waals surface area contributed by atoms with E-state index in [1.54, 1.807) is 7.11 Å². The van der Waals surface area contributed by atoms with E-state index in [1.165, 1.54) is 22.9 Å². The van der Waals surface area contributed by atoms with Gasteiger partial charge >= 0.3 is 0 Å². The first-order valence-corrected chi connectivity index (χ1v) is 6.52. The molecule has 1 heterocycles. The summed E-state index contributed by atoms with van der Waals surface area (Å²) in [4.78, 5) is 0. The normalized spacial score (nSPS) is 24.9. The summed E-state index contributed by atoms with van der Waals surface area (Å²) in [6.07, 6.45) is 3.47. The lowest BCUT2D eigenvalue weighted by molar-refractivity contribution is 0.120. The molecular formula is C13H18BrNO. The summed E-state index contributed by atoms with van der Waals surface area (Å²) in [5, 5.41) is 3.60. The summed E-state index contributed by atoms with van der Waals surface area (Å²) < 4.78 is 6.56. The number of halogens is 1. The molecule has 1 unspecified atom stereocenters. The van der Waals surface area contributed by atoms with Crippen molar-refractivity contribution in [1.82, 2.24) is 5.32 Å². The Balaban J connectivity index is 2.14. The first kappa shape index (κ1) is 12.1. The Hall–Kier alpha value is -0.380. The number of benzene rings is 1. The van der Waals surface area contributed by atoms with Crippen LogP contribution in [0.25, 0.3) is 0 Å². The topological polar surface area (TPSA) is 21.3 Å². The van der Waals surface area contributed by atoms with Crippen LogP contribution < -0.4 is 5.32 Å². The highest BCUT2D eigenvalue weighted by Crippen LogP contribution is 2.27. The molecule has 2 nitrogen and oxygen atoms in total. The Kier molecular flexibility index (Phi) is 4.00. The average molecular weight is 284 g/mol. The predicted octanol–water partition coefficient (Wildman–Crippen LogP) is 2.76. The maximum atomic E-state index is 5.36. The monoisotopic (exact) mass is 283 g/mol. The van der Waals surface area contributed by atoms with Crippen molar-refractivity contribution in [3.05, 3.63) is 34.3 Å². The van der Waals surface area contributed by atoms with Gasteiger partial charge in [0.15, 0.2) is 0 Å². The first-order valence-electron chi connectivity index (χ1n) is 5.73. The van der Waals surface area contributed by atoms with Crippen LogP contribution in [0.3, 0.4) is 0 Å². The van der Waals surface area contributed by atoms with Gasteiger partial charge in [0.05, 0.1) is 6.61 Å². The molecule has 0 spiro atoms. The molecule has 1 atom stereocenters. The fourth-order valence-electron chi connectivity index (χ4n) is 2.48. The molecule has 0 aromatic heterocycles. The van der Waals surface area contributed by atoms with Crippen LogP contribution in [-0.4, -0.2) is 25.8 Å². The average Bonchev–Trinajstić information content (AvgIpc) is 2.71. The van der Waals surface area contributed by atoms with E-state index in [9.17, 15) is 0 Å². The molecule has 1 fully saturated rings. The Bertz CT molecular complexity index is 348. The van der Waals surface area contributed by atoms with Crippen molar-refractivity contribution in [2.75, 3.05) is 20.3 Å². The van der Waals surface area contributed by atoms with Crippen molar-refractivity contribution in [3.63, 3.8) is 0 Å². The maximum absolute atomic E-state index is 5.36. The van der Waals surface area contributed by atoms with E-state index < -0.39 is 0 Å². The minimum absolute atomic E-state index is 0.138. The molecule has 0 bridgehead atoms. The Morgan fingerprint density at radius 2 is 2.25 bits per heavy atom. The summed E-state index contributed by atoms with van der Waals surface area (Å²) in [7, 11) is 1.78. The summed E-state index contributed by atoms with van der Waals surface area (Å²) >= 11 is 3.61. The third-order valence-corrected chi connectivity index (χ3v) is 4.01.